The molecule has 0 aliphatic heterocycles. The van der Waals surface area contributed by atoms with Crippen LogP contribution in [0.4, 0.5) is 0 Å². The van der Waals surface area contributed by atoms with Gasteiger partial charge in [-0.1, -0.05) is 13.8 Å². The van der Waals surface area contributed by atoms with Crippen LogP contribution < -0.4 is 10.6 Å². The number of nitrogens with one attached hydrogen (secondary N) is 2. The molecule has 1 aliphatic rings. The summed E-state index contributed by atoms with van der Waals surface area (Å²) in [5.74, 6) is 3.40. The van der Waals surface area contributed by atoms with Crippen LogP contribution in [0.1, 0.15) is 39.4 Å². The summed E-state index contributed by atoms with van der Waals surface area (Å²) in [5.41, 5.74) is 0. The van der Waals surface area contributed by atoms with Crippen LogP contribution in [0.5, 0.6) is 0 Å². The zero-order valence-electron chi connectivity index (χ0n) is 13.3. The van der Waals surface area contributed by atoms with E-state index in [0.717, 1.165) is 37.3 Å². The van der Waals surface area contributed by atoms with E-state index in [2.05, 4.69) is 45.9 Å². The first kappa shape index (κ1) is 18.3. The highest BCUT2D eigenvalue weighted by atomic mass is 127. The van der Waals surface area contributed by atoms with Crippen LogP contribution in [0, 0.1) is 11.8 Å². The molecule has 0 bridgehead atoms. The minimum atomic E-state index is 0. The molecule has 5 nitrogen and oxygen atoms in total. The SMILES string of the molecule is CCNC(=NCc1nccn1CC(C)C)NCC1CC1.I. The van der Waals surface area contributed by atoms with E-state index in [1.54, 1.807) is 0 Å². The van der Waals surface area contributed by atoms with Crippen molar-refractivity contribution in [3.05, 3.63) is 18.2 Å². The summed E-state index contributed by atoms with van der Waals surface area (Å²) in [6.07, 6.45) is 6.60. The topological polar surface area (TPSA) is 54.2 Å². The fourth-order valence-electron chi connectivity index (χ4n) is 2.11. The average Bonchev–Trinajstić information content (AvgIpc) is 3.13. The number of halogens is 1. The molecule has 0 radical (unpaired) electrons. The molecule has 21 heavy (non-hydrogen) atoms. The predicted octanol–water partition coefficient (Wildman–Crippen LogP) is 2.62. The molecule has 0 atom stereocenters. The molecule has 0 aromatic carbocycles. The Bertz CT molecular complexity index is 437. The number of hydrogen-bond acceptors (Lipinski definition) is 2. The highest BCUT2D eigenvalue weighted by molar-refractivity contribution is 14.0. The van der Waals surface area contributed by atoms with Gasteiger partial charge in [0, 0.05) is 32.0 Å². The molecule has 0 saturated heterocycles. The van der Waals surface area contributed by atoms with Gasteiger partial charge in [0.2, 0.25) is 0 Å². The second kappa shape index (κ2) is 9.27. The highest BCUT2D eigenvalue weighted by Crippen LogP contribution is 2.27. The first-order valence-corrected chi connectivity index (χ1v) is 7.71. The number of hydrogen-bond donors (Lipinski definition) is 2. The van der Waals surface area contributed by atoms with Gasteiger partial charge in [-0.25, -0.2) is 9.98 Å². The zero-order valence-corrected chi connectivity index (χ0v) is 15.6. The van der Waals surface area contributed by atoms with E-state index < -0.39 is 0 Å². The van der Waals surface area contributed by atoms with Crippen molar-refractivity contribution in [3.63, 3.8) is 0 Å². The molecule has 1 aliphatic carbocycles. The Hall–Kier alpha value is -0.790. The average molecular weight is 405 g/mol. The summed E-state index contributed by atoms with van der Waals surface area (Å²) in [4.78, 5) is 9.04. The van der Waals surface area contributed by atoms with Crippen LogP contribution in [0.25, 0.3) is 0 Å². The van der Waals surface area contributed by atoms with Crippen molar-refractivity contribution >= 4 is 29.9 Å². The number of aromatic nitrogens is 2. The summed E-state index contributed by atoms with van der Waals surface area (Å²) in [7, 11) is 0. The maximum absolute atomic E-state index is 4.63. The van der Waals surface area contributed by atoms with Gasteiger partial charge in [0.05, 0.1) is 0 Å². The summed E-state index contributed by atoms with van der Waals surface area (Å²) in [6, 6.07) is 0. The van der Waals surface area contributed by atoms with Gasteiger partial charge in [-0.3, -0.25) is 0 Å². The highest BCUT2D eigenvalue weighted by Gasteiger charge is 2.21. The summed E-state index contributed by atoms with van der Waals surface area (Å²) in [6.45, 7) is 10.1. The van der Waals surface area contributed by atoms with Gasteiger partial charge in [0.15, 0.2) is 5.96 Å². The number of imidazole rings is 1. The minimum Gasteiger partial charge on any atom is -0.357 e. The van der Waals surface area contributed by atoms with E-state index in [0.29, 0.717) is 12.5 Å². The van der Waals surface area contributed by atoms with Crippen LogP contribution in [0.2, 0.25) is 0 Å². The third-order valence-electron chi connectivity index (χ3n) is 3.34. The maximum Gasteiger partial charge on any atom is 0.191 e. The van der Waals surface area contributed by atoms with E-state index in [1.807, 2.05) is 12.4 Å². The fourth-order valence-corrected chi connectivity index (χ4v) is 2.11. The molecule has 1 aromatic heterocycles. The lowest BCUT2D eigenvalue weighted by atomic mass is 10.2. The van der Waals surface area contributed by atoms with Gasteiger partial charge in [-0.15, -0.1) is 24.0 Å². The number of guanidine groups is 1. The van der Waals surface area contributed by atoms with E-state index >= 15 is 0 Å². The lowest BCUT2D eigenvalue weighted by molar-refractivity contribution is 0.507. The van der Waals surface area contributed by atoms with Crippen molar-refractivity contribution in [2.24, 2.45) is 16.8 Å². The summed E-state index contributed by atoms with van der Waals surface area (Å²) in [5, 5.41) is 6.70. The second-order valence-corrected chi connectivity index (χ2v) is 5.91. The van der Waals surface area contributed by atoms with E-state index in [1.165, 1.54) is 12.8 Å². The predicted molar refractivity (Wildman–Crippen MR) is 98.0 cm³/mol. The Morgan fingerprint density at radius 1 is 1.43 bits per heavy atom. The number of nitrogens with zero attached hydrogens (tertiary/aromatic N) is 3. The molecule has 1 saturated carbocycles. The van der Waals surface area contributed by atoms with Crippen LogP contribution >= 0.6 is 24.0 Å². The molecular formula is C15H28IN5. The smallest absolute Gasteiger partial charge is 0.191 e. The van der Waals surface area contributed by atoms with E-state index in [4.69, 9.17) is 0 Å². The first-order chi connectivity index (χ1) is 9.69. The van der Waals surface area contributed by atoms with Crippen molar-refractivity contribution in [1.82, 2.24) is 20.2 Å². The number of rotatable bonds is 7. The van der Waals surface area contributed by atoms with Gasteiger partial charge in [0.25, 0.3) is 0 Å². The summed E-state index contributed by atoms with van der Waals surface area (Å²) >= 11 is 0. The minimum absolute atomic E-state index is 0. The molecule has 1 aromatic rings. The maximum atomic E-state index is 4.63. The van der Waals surface area contributed by atoms with Crippen LogP contribution in [-0.2, 0) is 13.1 Å². The molecule has 6 heteroatoms. The van der Waals surface area contributed by atoms with Crippen molar-refractivity contribution in [2.45, 2.75) is 46.7 Å². The number of aliphatic imine (C=N–C) groups is 1. The van der Waals surface area contributed by atoms with Crippen LogP contribution in [-0.4, -0.2) is 28.6 Å². The standard InChI is InChI=1S/C15H27N5.HI/c1-4-16-15(18-9-13-5-6-13)19-10-14-17-7-8-20(14)11-12(2)3;/h7-8,12-13H,4-6,9-11H2,1-3H3,(H2,16,18,19);1H. The molecule has 1 fully saturated rings. The Morgan fingerprint density at radius 2 is 2.19 bits per heavy atom. The molecule has 1 heterocycles. The normalized spacial score (nSPS) is 15.0. The van der Waals surface area contributed by atoms with Crippen molar-refractivity contribution in [1.29, 1.82) is 0 Å². The Labute approximate surface area is 145 Å². The molecule has 0 spiro atoms. The summed E-state index contributed by atoms with van der Waals surface area (Å²) < 4.78 is 2.19. The fraction of sp³-hybridized carbons (Fsp3) is 0.733. The van der Waals surface area contributed by atoms with Gasteiger partial charge < -0.3 is 15.2 Å². The van der Waals surface area contributed by atoms with Gasteiger partial charge in [-0.2, -0.15) is 0 Å². The Balaban J connectivity index is 0.00000220. The lowest BCUT2D eigenvalue weighted by Crippen LogP contribution is -2.38. The molecule has 120 valence electrons. The molecule has 0 amide bonds. The van der Waals surface area contributed by atoms with Gasteiger partial charge in [-0.05, 0) is 31.6 Å². The zero-order chi connectivity index (χ0) is 14.4. The van der Waals surface area contributed by atoms with Crippen LogP contribution in [0.15, 0.2) is 17.4 Å². The largest absolute Gasteiger partial charge is 0.357 e. The van der Waals surface area contributed by atoms with E-state index in [9.17, 15) is 0 Å². The monoisotopic (exact) mass is 405 g/mol. The Kier molecular flexibility index (Phi) is 8.06. The second-order valence-electron chi connectivity index (χ2n) is 5.91. The van der Waals surface area contributed by atoms with Crippen LogP contribution in [0.3, 0.4) is 0 Å². The molecule has 2 rings (SSSR count). The molecule has 2 N–H and O–H groups in total. The molecule has 0 unspecified atom stereocenters. The lowest BCUT2D eigenvalue weighted by Gasteiger charge is -2.12. The molecular weight excluding hydrogens is 377 g/mol. The third-order valence-corrected chi connectivity index (χ3v) is 3.34. The quantitative estimate of drug-likeness (QED) is 0.417. The van der Waals surface area contributed by atoms with Crippen molar-refractivity contribution in [3.8, 4) is 0 Å². The van der Waals surface area contributed by atoms with E-state index in [-0.39, 0.29) is 24.0 Å². The third kappa shape index (κ3) is 6.67. The van der Waals surface area contributed by atoms with Gasteiger partial charge >= 0.3 is 0 Å². The van der Waals surface area contributed by atoms with Crippen molar-refractivity contribution in [2.75, 3.05) is 13.1 Å². The van der Waals surface area contributed by atoms with Crippen molar-refractivity contribution < 1.29 is 0 Å². The first-order valence-electron chi connectivity index (χ1n) is 7.71. The Morgan fingerprint density at radius 3 is 2.81 bits per heavy atom. The van der Waals surface area contributed by atoms with Gasteiger partial charge in [0.1, 0.15) is 12.4 Å².